The van der Waals surface area contributed by atoms with Gasteiger partial charge in [0.15, 0.2) is 5.79 Å². The summed E-state index contributed by atoms with van der Waals surface area (Å²) < 4.78 is 23.3. The molecule has 1 N–H and O–H groups in total. The number of benzene rings is 2. The van der Waals surface area contributed by atoms with E-state index in [1.54, 1.807) is 17.0 Å². The lowest BCUT2D eigenvalue weighted by Crippen LogP contribution is -2.43. The number of nitrogens with one attached hydrogen (secondary N) is 1. The fourth-order valence-corrected chi connectivity index (χ4v) is 5.95. The minimum Gasteiger partial charge on any atom is -0.493 e. The van der Waals surface area contributed by atoms with E-state index in [2.05, 4.69) is 24.1 Å². The number of halogens is 1. The molecular weight excluding hydrogens is 528 g/mol. The molecule has 4 atom stereocenters. The van der Waals surface area contributed by atoms with E-state index in [-0.39, 0.29) is 29.5 Å². The number of rotatable bonds is 6. The van der Waals surface area contributed by atoms with Crippen LogP contribution in [0.4, 0.5) is 4.79 Å². The fraction of sp³-hybridized carbons (Fsp3) is 0.406. The van der Waals surface area contributed by atoms with Crippen LogP contribution in [0.25, 0.3) is 12.2 Å². The molecule has 3 unspecified atom stereocenters. The number of carbonyl (C=O) groups excluding carboxylic acids is 1. The number of ether oxygens (including phenoxy) is 4. The van der Waals surface area contributed by atoms with Crippen molar-refractivity contribution in [2.24, 2.45) is 5.92 Å². The quantitative estimate of drug-likeness (QED) is 0.433. The summed E-state index contributed by atoms with van der Waals surface area (Å²) in [6, 6.07) is 16.8. The number of para-hydroxylation sites is 1. The number of amides is 1. The fourth-order valence-electron chi connectivity index (χ4n) is 5.75. The van der Waals surface area contributed by atoms with Gasteiger partial charge in [-0.2, -0.15) is 0 Å². The maximum atomic E-state index is 13.5. The van der Waals surface area contributed by atoms with Gasteiger partial charge in [-0.15, -0.1) is 11.6 Å². The van der Waals surface area contributed by atoms with Crippen molar-refractivity contribution in [3.8, 4) is 11.5 Å². The Balaban J connectivity index is 1.26. The number of carbonyl (C=O) groups is 1. The molecule has 7 nitrogen and oxygen atoms in total. The average Bonchev–Trinajstić information content (AvgIpc) is 3.47. The summed E-state index contributed by atoms with van der Waals surface area (Å²) >= 11 is 6.62. The van der Waals surface area contributed by atoms with E-state index in [1.165, 1.54) is 5.56 Å². The van der Waals surface area contributed by atoms with Gasteiger partial charge in [-0.3, -0.25) is 4.90 Å². The standard InChI is InChI=1S/C32H35ClN2O5/c1-20-17-28-26(18-27(20)33)25-13-15-35(31(36)39-23-7-5-4-6-8-23)30(29(25)34-28)21-9-11-22(12-10-21)37-16-14-24-19-38-32(2,3)40-24/h4-12,17-18,20,24,27,30,34H,13-16,19H2,1-3H3/t20?,24-,27?,30?/m0/s1. The Morgan fingerprint density at radius 2 is 1.88 bits per heavy atom. The first-order valence-corrected chi connectivity index (χ1v) is 14.4. The Bertz CT molecular complexity index is 1480. The van der Waals surface area contributed by atoms with Crippen LogP contribution in [0.1, 0.15) is 50.1 Å². The van der Waals surface area contributed by atoms with Gasteiger partial charge in [0.2, 0.25) is 0 Å². The Labute approximate surface area is 239 Å². The largest absolute Gasteiger partial charge is 0.493 e. The second kappa shape index (κ2) is 11.0. The van der Waals surface area contributed by atoms with Crippen LogP contribution in [-0.4, -0.2) is 53.0 Å². The zero-order valence-electron chi connectivity index (χ0n) is 23.1. The smallest absolute Gasteiger partial charge is 0.416 e. The normalized spacial score (nSPS) is 24.9. The molecule has 1 saturated heterocycles. The van der Waals surface area contributed by atoms with E-state index in [0.717, 1.165) is 40.4 Å². The Morgan fingerprint density at radius 1 is 1.10 bits per heavy atom. The molecule has 2 aliphatic heterocycles. The molecule has 0 spiro atoms. The number of aromatic amines is 1. The summed E-state index contributed by atoms with van der Waals surface area (Å²) in [6.07, 6.45) is 5.44. The molecule has 2 aromatic carbocycles. The van der Waals surface area contributed by atoms with Gasteiger partial charge in [0, 0.05) is 29.2 Å². The first kappa shape index (κ1) is 26.9. The van der Waals surface area contributed by atoms with Crippen LogP contribution in [0.5, 0.6) is 11.5 Å². The third kappa shape index (κ3) is 5.51. The van der Waals surface area contributed by atoms with E-state index in [0.29, 0.717) is 25.5 Å². The van der Waals surface area contributed by atoms with Crippen LogP contribution in [0.2, 0.25) is 0 Å². The number of hydrogen-bond donors (Lipinski definition) is 1. The van der Waals surface area contributed by atoms with Gasteiger partial charge in [-0.05, 0) is 61.6 Å². The molecule has 40 heavy (non-hydrogen) atoms. The number of fused-ring (bicyclic) bond motifs is 3. The van der Waals surface area contributed by atoms with Crippen molar-refractivity contribution in [1.29, 1.82) is 0 Å². The molecule has 1 aromatic heterocycles. The second-order valence-corrected chi connectivity index (χ2v) is 11.7. The van der Waals surface area contributed by atoms with Gasteiger partial charge in [0.25, 0.3) is 0 Å². The summed E-state index contributed by atoms with van der Waals surface area (Å²) in [5.74, 6) is 0.971. The molecule has 1 fully saturated rings. The molecule has 3 heterocycles. The van der Waals surface area contributed by atoms with Gasteiger partial charge in [0.1, 0.15) is 17.5 Å². The Hall–Kier alpha value is -3.26. The summed E-state index contributed by atoms with van der Waals surface area (Å²) in [7, 11) is 0. The van der Waals surface area contributed by atoms with E-state index >= 15 is 0 Å². The molecule has 3 aromatic rings. The highest BCUT2D eigenvalue weighted by molar-refractivity contribution is 6.24. The highest BCUT2D eigenvalue weighted by Crippen LogP contribution is 2.35. The Kier molecular flexibility index (Phi) is 7.38. The molecule has 1 aliphatic carbocycles. The topological polar surface area (TPSA) is 73.0 Å². The maximum Gasteiger partial charge on any atom is 0.416 e. The van der Waals surface area contributed by atoms with Crippen molar-refractivity contribution in [1.82, 2.24) is 9.88 Å². The predicted molar refractivity (Wildman–Crippen MR) is 154 cm³/mol. The summed E-state index contributed by atoms with van der Waals surface area (Å²) in [5.41, 5.74) is 3.18. The van der Waals surface area contributed by atoms with Crippen LogP contribution in [0.3, 0.4) is 0 Å². The van der Waals surface area contributed by atoms with Crippen LogP contribution < -0.4 is 20.0 Å². The molecule has 6 rings (SSSR count). The maximum absolute atomic E-state index is 13.5. The predicted octanol–water partition coefficient (Wildman–Crippen LogP) is 4.90. The lowest BCUT2D eigenvalue weighted by molar-refractivity contribution is -0.139. The van der Waals surface area contributed by atoms with Gasteiger partial charge in [0.05, 0.1) is 24.7 Å². The van der Waals surface area contributed by atoms with Crippen molar-refractivity contribution < 1.29 is 23.7 Å². The lowest BCUT2D eigenvalue weighted by atomic mass is 9.92. The first-order valence-electron chi connectivity index (χ1n) is 13.9. The molecule has 210 valence electrons. The molecule has 3 aliphatic rings. The molecule has 8 heteroatoms. The number of nitrogens with zero attached hydrogens (tertiary/aromatic N) is 1. The lowest BCUT2D eigenvalue weighted by Gasteiger charge is -2.35. The van der Waals surface area contributed by atoms with Crippen molar-refractivity contribution in [2.45, 2.75) is 56.9 Å². The number of hydrogen-bond acceptors (Lipinski definition) is 5. The third-order valence-corrected chi connectivity index (χ3v) is 8.33. The molecule has 0 radical (unpaired) electrons. The van der Waals surface area contributed by atoms with Gasteiger partial charge < -0.3 is 23.9 Å². The van der Waals surface area contributed by atoms with Crippen molar-refractivity contribution in [3.05, 3.63) is 82.0 Å². The highest BCUT2D eigenvalue weighted by Gasteiger charge is 2.36. The highest BCUT2D eigenvalue weighted by atomic mass is 35.5. The second-order valence-electron chi connectivity index (χ2n) is 11.2. The SMILES string of the molecule is CC1C=c2[nH]c3c(c2=CC1Cl)CCN(C(=O)Oc1ccccc1)C3c1ccc(OCC[C@H]2COC(C)(C)O2)cc1. The molecule has 0 bridgehead atoms. The summed E-state index contributed by atoms with van der Waals surface area (Å²) in [6.45, 7) is 7.60. The van der Waals surface area contributed by atoms with Crippen molar-refractivity contribution >= 4 is 29.8 Å². The minimum atomic E-state index is -0.534. The number of alkyl halides is 1. The van der Waals surface area contributed by atoms with Gasteiger partial charge >= 0.3 is 6.09 Å². The monoisotopic (exact) mass is 562 g/mol. The number of H-pyrrole nitrogens is 1. The molecular formula is C32H35ClN2O5. The van der Waals surface area contributed by atoms with Crippen molar-refractivity contribution in [2.75, 3.05) is 19.8 Å². The summed E-state index contributed by atoms with van der Waals surface area (Å²) in [4.78, 5) is 18.9. The Morgan fingerprint density at radius 3 is 2.60 bits per heavy atom. The van der Waals surface area contributed by atoms with E-state index < -0.39 is 5.79 Å². The van der Waals surface area contributed by atoms with Crippen LogP contribution in [0.15, 0.2) is 54.6 Å². The summed E-state index contributed by atoms with van der Waals surface area (Å²) in [5, 5.41) is 2.16. The minimum absolute atomic E-state index is 0.0296. The van der Waals surface area contributed by atoms with Gasteiger partial charge in [-0.1, -0.05) is 49.4 Å². The first-order chi connectivity index (χ1) is 19.3. The molecule has 1 amide bonds. The van der Waals surface area contributed by atoms with E-state index in [9.17, 15) is 4.79 Å². The van der Waals surface area contributed by atoms with Crippen LogP contribution in [0, 0.1) is 5.92 Å². The van der Waals surface area contributed by atoms with E-state index in [1.807, 2.05) is 56.3 Å². The number of aromatic nitrogens is 1. The zero-order chi connectivity index (χ0) is 27.9. The van der Waals surface area contributed by atoms with E-state index in [4.69, 9.17) is 30.5 Å². The average molecular weight is 563 g/mol. The third-order valence-electron chi connectivity index (χ3n) is 7.81. The van der Waals surface area contributed by atoms with Gasteiger partial charge in [-0.25, -0.2) is 4.79 Å². The van der Waals surface area contributed by atoms with Crippen LogP contribution >= 0.6 is 11.6 Å². The van der Waals surface area contributed by atoms with Crippen molar-refractivity contribution in [3.63, 3.8) is 0 Å². The zero-order valence-corrected chi connectivity index (χ0v) is 23.8. The molecule has 0 saturated carbocycles. The van der Waals surface area contributed by atoms with Crippen LogP contribution in [-0.2, 0) is 15.9 Å².